The van der Waals surface area contributed by atoms with Gasteiger partial charge in [0.2, 0.25) is 0 Å². The van der Waals surface area contributed by atoms with E-state index >= 15 is 0 Å². The van der Waals surface area contributed by atoms with E-state index in [2.05, 4.69) is 0 Å². The molecule has 0 amide bonds. The van der Waals surface area contributed by atoms with Crippen molar-refractivity contribution in [2.75, 3.05) is 32.3 Å². The Labute approximate surface area is 184 Å². The number of carbonyl (C=O) groups excluding carboxylic acids is 4. The van der Waals surface area contributed by atoms with Crippen molar-refractivity contribution in [2.45, 2.75) is 20.8 Å². The van der Waals surface area contributed by atoms with E-state index in [0.29, 0.717) is 23.6 Å². The summed E-state index contributed by atoms with van der Waals surface area (Å²) in [6.45, 7) is 5.62. The number of benzene rings is 1. The number of aryl methyl sites for hydroxylation is 1. The van der Waals surface area contributed by atoms with Crippen LogP contribution in [0.2, 0.25) is 0 Å². The number of hydrogen-bond donors (Lipinski definition) is 0. The molecule has 166 valence electrons. The highest BCUT2D eigenvalue weighted by atomic mass is 32.2. The van der Waals surface area contributed by atoms with Crippen LogP contribution in [0.4, 0.5) is 0 Å². The average Bonchev–Trinajstić information content (AvgIpc) is 3.06. The molecule has 0 atom stereocenters. The molecule has 1 aromatic carbocycles. The average molecular weight is 448 g/mol. The smallest absolute Gasteiger partial charge is 0.337 e. The van der Waals surface area contributed by atoms with Crippen molar-refractivity contribution in [3.8, 4) is 5.69 Å². The van der Waals surface area contributed by atoms with Crippen LogP contribution in [0.5, 0.6) is 0 Å². The largest absolute Gasteiger partial charge is 0.465 e. The number of Topliss-reactive ketones (excluding diaryl/α,β-unsaturated/α-hetero) is 1. The van der Waals surface area contributed by atoms with E-state index in [1.807, 2.05) is 6.92 Å². The molecule has 0 radical (unpaired) electrons. The van der Waals surface area contributed by atoms with Crippen LogP contribution in [-0.4, -0.2) is 60.6 Å². The fourth-order valence-electron chi connectivity index (χ4n) is 3.16. The van der Waals surface area contributed by atoms with Crippen molar-refractivity contribution in [3.63, 3.8) is 0 Å². The molecule has 0 spiro atoms. The highest BCUT2D eigenvalue weighted by Gasteiger charge is 2.20. The van der Waals surface area contributed by atoms with Gasteiger partial charge in [-0.3, -0.25) is 9.59 Å². The number of methoxy groups -OCH3 is 2. The van der Waals surface area contributed by atoms with Crippen LogP contribution in [0.25, 0.3) is 5.69 Å². The highest BCUT2D eigenvalue weighted by molar-refractivity contribution is 8.00. The van der Waals surface area contributed by atoms with Crippen LogP contribution >= 0.6 is 11.8 Å². The summed E-state index contributed by atoms with van der Waals surface area (Å²) < 4.78 is 16.2. The molecule has 0 bridgehead atoms. The SMILES string of the molecule is CCOC(=O)CSCC(=O)c1cc(C)n(-c2cc(C(=O)OC)cc(C(=O)OC)c2)c1C. The Hall–Kier alpha value is -3.07. The third-order valence-corrected chi connectivity index (χ3v) is 5.41. The third-order valence-electron chi connectivity index (χ3n) is 4.51. The zero-order chi connectivity index (χ0) is 23.1. The van der Waals surface area contributed by atoms with Gasteiger partial charge >= 0.3 is 17.9 Å². The molecule has 0 aliphatic carbocycles. The van der Waals surface area contributed by atoms with E-state index < -0.39 is 11.9 Å². The van der Waals surface area contributed by atoms with Gasteiger partial charge in [-0.25, -0.2) is 9.59 Å². The van der Waals surface area contributed by atoms with Crippen LogP contribution in [0.15, 0.2) is 24.3 Å². The molecule has 0 aliphatic heterocycles. The summed E-state index contributed by atoms with van der Waals surface area (Å²) in [6, 6.07) is 6.31. The molecule has 0 fully saturated rings. The Kier molecular flexibility index (Phi) is 8.44. The van der Waals surface area contributed by atoms with E-state index in [9.17, 15) is 19.2 Å². The van der Waals surface area contributed by atoms with Crippen LogP contribution in [0, 0.1) is 13.8 Å². The minimum atomic E-state index is -0.596. The Morgan fingerprint density at radius 2 is 1.48 bits per heavy atom. The van der Waals surface area contributed by atoms with Crippen LogP contribution in [0.3, 0.4) is 0 Å². The van der Waals surface area contributed by atoms with Gasteiger partial charge in [0.1, 0.15) is 0 Å². The first-order valence-electron chi connectivity index (χ1n) is 9.51. The number of ketones is 1. The van der Waals surface area contributed by atoms with Gasteiger partial charge in [0.05, 0.1) is 43.5 Å². The summed E-state index contributed by atoms with van der Waals surface area (Å²) in [7, 11) is 2.51. The minimum Gasteiger partial charge on any atom is -0.465 e. The van der Waals surface area contributed by atoms with Crippen LogP contribution < -0.4 is 0 Å². The predicted octanol–water partition coefficient (Wildman–Crippen LogP) is 3.15. The number of hydrogen-bond acceptors (Lipinski definition) is 8. The van der Waals surface area contributed by atoms with Gasteiger partial charge in [0, 0.05) is 22.6 Å². The van der Waals surface area contributed by atoms with E-state index in [1.165, 1.54) is 32.0 Å². The molecule has 1 heterocycles. The van der Waals surface area contributed by atoms with Crippen molar-refractivity contribution in [1.29, 1.82) is 0 Å². The van der Waals surface area contributed by atoms with Crippen LogP contribution in [0.1, 0.15) is 49.4 Å². The summed E-state index contributed by atoms with van der Waals surface area (Å²) in [5.41, 5.74) is 2.79. The Morgan fingerprint density at radius 3 is 2.00 bits per heavy atom. The molecule has 9 heteroatoms. The molecule has 2 aromatic rings. The van der Waals surface area contributed by atoms with E-state index in [-0.39, 0.29) is 34.4 Å². The molecule has 2 rings (SSSR count). The Balaban J connectivity index is 2.38. The molecule has 8 nitrogen and oxygen atoms in total. The van der Waals surface area contributed by atoms with Crippen molar-refractivity contribution in [2.24, 2.45) is 0 Å². The summed E-state index contributed by atoms with van der Waals surface area (Å²) in [5.74, 6) is -1.46. The van der Waals surface area contributed by atoms with Gasteiger partial charge in [-0.1, -0.05) is 0 Å². The molecule has 0 saturated heterocycles. The standard InChI is InChI=1S/C22H25NO7S/c1-6-30-20(25)12-31-11-19(24)18-7-13(2)23(14(18)3)17-9-15(21(26)28-4)8-16(10-17)22(27)29-5/h7-10H,6,11-12H2,1-5H3. The topological polar surface area (TPSA) is 101 Å². The minimum absolute atomic E-state index is 0.0992. The van der Waals surface area contributed by atoms with Gasteiger partial charge < -0.3 is 18.8 Å². The number of nitrogens with zero attached hydrogens (tertiary/aromatic N) is 1. The Bertz CT molecular complexity index is 975. The van der Waals surface area contributed by atoms with E-state index in [0.717, 1.165) is 5.69 Å². The number of esters is 3. The maximum absolute atomic E-state index is 12.7. The van der Waals surface area contributed by atoms with Crippen molar-refractivity contribution in [1.82, 2.24) is 4.57 Å². The second kappa shape index (κ2) is 10.8. The lowest BCUT2D eigenvalue weighted by atomic mass is 10.1. The number of carbonyl (C=O) groups is 4. The lowest BCUT2D eigenvalue weighted by molar-refractivity contribution is -0.139. The van der Waals surface area contributed by atoms with Crippen LogP contribution in [-0.2, 0) is 19.0 Å². The highest BCUT2D eigenvalue weighted by Crippen LogP contribution is 2.25. The van der Waals surface area contributed by atoms with E-state index in [4.69, 9.17) is 14.2 Å². The first-order chi connectivity index (χ1) is 14.7. The zero-order valence-electron chi connectivity index (χ0n) is 18.1. The molecule has 0 unspecified atom stereocenters. The number of ether oxygens (including phenoxy) is 3. The quantitative estimate of drug-likeness (QED) is 0.328. The summed E-state index contributed by atoms with van der Waals surface area (Å²) in [5, 5.41) is 0. The molecule has 0 aliphatic rings. The van der Waals surface area contributed by atoms with Gasteiger partial charge in [0.25, 0.3) is 0 Å². The zero-order valence-corrected chi connectivity index (χ0v) is 19.0. The number of thioether (sulfide) groups is 1. The van der Waals surface area contributed by atoms with Gasteiger partial charge in [-0.05, 0) is 45.0 Å². The monoisotopic (exact) mass is 447 g/mol. The maximum Gasteiger partial charge on any atom is 0.337 e. The van der Waals surface area contributed by atoms with Crippen molar-refractivity contribution < 1.29 is 33.4 Å². The fraction of sp³-hybridized carbons (Fsp3) is 0.364. The number of rotatable bonds is 9. The molecular formula is C22H25NO7S. The summed E-state index contributed by atoms with van der Waals surface area (Å²) in [6.07, 6.45) is 0. The summed E-state index contributed by atoms with van der Waals surface area (Å²) in [4.78, 5) is 48.3. The van der Waals surface area contributed by atoms with Gasteiger partial charge in [0.15, 0.2) is 5.78 Å². The third kappa shape index (κ3) is 5.75. The predicted molar refractivity (Wildman–Crippen MR) is 116 cm³/mol. The second-order valence-corrected chi connectivity index (χ2v) is 7.58. The number of aromatic nitrogens is 1. The molecular weight excluding hydrogens is 422 g/mol. The molecule has 31 heavy (non-hydrogen) atoms. The second-order valence-electron chi connectivity index (χ2n) is 6.59. The lowest BCUT2D eigenvalue weighted by Crippen LogP contribution is -2.11. The van der Waals surface area contributed by atoms with E-state index in [1.54, 1.807) is 36.6 Å². The first kappa shape index (κ1) is 24.2. The Morgan fingerprint density at radius 1 is 0.903 bits per heavy atom. The van der Waals surface area contributed by atoms with Crippen molar-refractivity contribution >= 4 is 35.5 Å². The molecule has 0 saturated carbocycles. The fourth-order valence-corrected chi connectivity index (χ4v) is 3.85. The summed E-state index contributed by atoms with van der Waals surface area (Å²) >= 11 is 1.19. The van der Waals surface area contributed by atoms with Gasteiger partial charge in [-0.2, -0.15) is 0 Å². The maximum atomic E-state index is 12.7. The first-order valence-corrected chi connectivity index (χ1v) is 10.7. The molecule has 1 aromatic heterocycles. The lowest BCUT2D eigenvalue weighted by Gasteiger charge is -2.13. The normalized spacial score (nSPS) is 10.5. The molecule has 0 N–H and O–H groups in total. The van der Waals surface area contributed by atoms with Gasteiger partial charge in [-0.15, -0.1) is 11.8 Å². The van der Waals surface area contributed by atoms with Crippen molar-refractivity contribution in [3.05, 3.63) is 52.3 Å².